The van der Waals surface area contributed by atoms with Gasteiger partial charge in [0.1, 0.15) is 0 Å². The van der Waals surface area contributed by atoms with Gasteiger partial charge in [-0.3, -0.25) is 14.2 Å². The molecule has 0 saturated heterocycles. The van der Waals surface area contributed by atoms with E-state index in [0.29, 0.717) is 23.8 Å². The van der Waals surface area contributed by atoms with Crippen LogP contribution in [-0.4, -0.2) is 36.5 Å². The molecule has 0 bridgehead atoms. The lowest BCUT2D eigenvalue weighted by Crippen LogP contribution is -2.15. The average Bonchev–Trinajstić information content (AvgIpc) is 3.22. The summed E-state index contributed by atoms with van der Waals surface area (Å²) in [5.41, 5.74) is 1.61. The minimum absolute atomic E-state index is 0.0446. The van der Waals surface area contributed by atoms with Crippen LogP contribution in [-0.2, 0) is 17.9 Å². The summed E-state index contributed by atoms with van der Waals surface area (Å²) in [6.45, 7) is 0.840. The lowest BCUT2D eigenvalue weighted by molar-refractivity contribution is -0.116. The molecule has 2 heterocycles. The number of aromatic nitrogens is 4. The monoisotopic (exact) mass is 373 g/mol. The third kappa shape index (κ3) is 4.70. The summed E-state index contributed by atoms with van der Waals surface area (Å²) in [6.07, 6.45) is 5.01. The molecule has 0 unspecified atom stereocenters. The quantitative estimate of drug-likeness (QED) is 0.662. The highest BCUT2D eigenvalue weighted by atomic mass is 35.5. The van der Waals surface area contributed by atoms with Crippen LogP contribution in [0.3, 0.4) is 0 Å². The molecule has 2 aromatic heterocycles. The van der Waals surface area contributed by atoms with E-state index in [1.807, 2.05) is 18.2 Å². The molecular formula is C17H16ClN5O3. The van der Waals surface area contributed by atoms with Crippen molar-refractivity contribution in [1.82, 2.24) is 19.6 Å². The minimum atomic E-state index is -1.09. The zero-order valence-corrected chi connectivity index (χ0v) is 14.4. The van der Waals surface area contributed by atoms with E-state index in [2.05, 4.69) is 15.5 Å². The molecule has 0 spiro atoms. The molecule has 2 N–H and O–H groups in total. The molecule has 1 amide bonds. The van der Waals surface area contributed by atoms with Crippen LogP contribution < -0.4 is 5.32 Å². The number of carbonyl (C=O) groups is 2. The number of hydrogen-bond acceptors (Lipinski definition) is 4. The van der Waals surface area contributed by atoms with Gasteiger partial charge < -0.3 is 10.4 Å². The largest absolute Gasteiger partial charge is 0.476 e. The van der Waals surface area contributed by atoms with Crippen LogP contribution in [0.15, 0.2) is 48.9 Å². The summed E-state index contributed by atoms with van der Waals surface area (Å²) in [4.78, 5) is 22.9. The van der Waals surface area contributed by atoms with Crippen LogP contribution in [0.25, 0.3) is 0 Å². The van der Waals surface area contributed by atoms with Crippen molar-refractivity contribution in [2.75, 3.05) is 5.32 Å². The molecule has 1 aromatic carbocycles. The number of carboxylic acid groups (broad SMARTS) is 1. The van der Waals surface area contributed by atoms with Gasteiger partial charge in [-0.2, -0.15) is 10.2 Å². The topological polar surface area (TPSA) is 102 Å². The lowest BCUT2D eigenvalue weighted by Gasteiger charge is -2.08. The number of hydrogen-bond donors (Lipinski definition) is 2. The first-order valence-electron chi connectivity index (χ1n) is 7.83. The smallest absolute Gasteiger partial charge is 0.356 e. The van der Waals surface area contributed by atoms with Gasteiger partial charge in [0, 0.05) is 31.0 Å². The Labute approximate surface area is 154 Å². The number of anilines is 1. The maximum atomic E-state index is 12.1. The molecule has 0 aliphatic heterocycles. The van der Waals surface area contributed by atoms with Crippen LogP contribution >= 0.6 is 11.6 Å². The van der Waals surface area contributed by atoms with Crippen LogP contribution in [0, 0.1) is 0 Å². The first-order chi connectivity index (χ1) is 12.5. The van der Waals surface area contributed by atoms with E-state index in [-0.39, 0.29) is 18.0 Å². The zero-order chi connectivity index (χ0) is 18.5. The van der Waals surface area contributed by atoms with Crippen LogP contribution in [0.4, 0.5) is 5.69 Å². The van der Waals surface area contributed by atoms with Gasteiger partial charge in [0.05, 0.1) is 17.8 Å². The Kier molecular flexibility index (Phi) is 5.33. The third-order valence-corrected chi connectivity index (χ3v) is 3.78. The molecule has 26 heavy (non-hydrogen) atoms. The second-order valence-corrected chi connectivity index (χ2v) is 6.06. The Morgan fingerprint density at radius 3 is 2.77 bits per heavy atom. The second-order valence-electron chi connectivity index (χ2n) is 5.62. The number of halogens is 1. The fraction of sp³-hybridized carbons (Fsp3) is 0.176. The molecule has 0 radical (unpaired) electrons. The number of aromatic carboxylic acids is 1. The molecule has 0 atom stereocenters. The lowest BCUT2D eigenvalue weighted by atomic mass is 10.2. The minimum Gasteiger partial charge on any atom is -0.476 e. The molecule has 9 heteroatoms. The molecule has 3 rings (SSSR count). The fourth-order valence-corrected chi connectivity index (χ4v) is 2.56. The first kappa shape index (κ1) is 17.7. The van der Waals surface area contributed by atoms with E-state index in [1.54, 1.807) is 23.1 Å². The molecule has 0 saturated carbocycles. The van der Waals surface area contributed by atoms with Crippen molar-refractivity contribution in [2.24, 2.45) is 0 Å². The summed E-state index contributed by atoms with van der Waals surface area (Å²) in [5.74, 6) is -1.28. The maximum absolute atomic E-state index is 12.1. The first-order valence-corrected chi connectivity index (χ1v) is 8.21. The summed E-state index contributed by atoms with van der Waals surface area (Å²) < 4.78 is 3.14. The van der Waals surface area contributed by atoms with E-state index >= 15 is 0 Å². The van der Waals surface area contributed by atoms with Gasteiger partial charge in [-0.1, -0.05) is 23.7 Å². The van der Waals surface area contributed by atoms with E-state index < -0.39 is 5.97 Å². The number of nitrogens with zero attached hydrogens (tertiary/aromatic N) is 4. The Morgan fingerprint density at radius 2 is 2.08 bits per heavy atom. The van der Waals surface area contributed by atoms with Crippen molar-refractivity contribution >= 4 is 29.2 Å². The average molecular weight is 374 g/mol. The SMILES string of the molecule is O=C(CCn1ccc(C(=O)O)n1)Nc1cccc(Cn2cc(Cl)cn2)c1. The number of benzene rings is 1. The van der Waals surface area contributed by atoms with Gasteiger partial charge in [0.2, 0.25) is 5.91 Å². The van der Waals surface area contributed by atoms with E-state index in [1.165, 1.54) is 16.9 Å². The van der Waals surface area contributed by atoms with Gasteiger partial charge in [0.25, 0.3) is 0 Å². The highest BCUT2D eigenvalue weighted by molar-refractivity contribution is 6.30. The number of carboxylic acids is 1. The predicted molar refractivity (Wildman–Crippen MR) is 95.2 cm³/mol. The van der Waals surface area contributed by atoms with Crippen molar-refractivity contribution in [2.45, 2.75) is 19.5 Å². The van der Waals surface area contributed by atoms with Crippen LogP contribution in [0.5, 0.6) is 0 Å². The molecule has 0 aliphatic rings. The highest BCUT2D eigenvalue weighted by Crippen LogP contribution is 2.13. The Morgan fingerprint density at radius 1 is 1.23 bits per heavy atom. The van der Waals surface area contributed by atoms with E-state index in [4.69, 9.17) is 16.7 Å². The zero-order valence-electron chi connectivity index (χ0n) is 13.7. The number of amides is 1. The van der Waals surface area contributed by atoms with Crippen LogP contribution in [0.2, 0.25) is 5.02 Å². The molecule has 0 fully saturated rings. The van der Waals surface area contributed by atoms with Gasteiger partial charge in [-0.05, 0) is 23.8 Å². The Hall–Kier alpha value is -3.13. The summed E-state index contributed by atoms with van der Waals surface area (Å²) in [5, 5.41) is 20.2. The summed E-state index contributed by atoms with van der Waals surface area (Å²) >= 11 is 5.85. The van der Waals surface area contributed by atoms with Gasteiger partial charge >= 0.3 is 5.97 Å². The van der Waals surface area contributed by atoms with Gasteiger partial charge in [0.15, 0.2) is 5.69 Å². The normalized spacial score (nSPS) is 10.7. The number of aryl methyl sites for hydroxylation is 1. The molecule has 8 nitrogen and oxygen atoms in total. The Bertz CT molecular complexity index is 934. The van der Waals surface area contributed by atoms with Crippen molar-refractivity contribution < 1.29 is 14.7 Å². The number of carbonyl (C=O) groups excluding carboxylic acids is 1. The van der Waals surface area contributed by atoms with E-state index in [0.717, 1.165) is 5.56 Å². The summed E-state index contributed by atoms with van der Waals surface area (Å²) in [7, 11) is 0. The maximum Gasteiger partial charge on any atom is 0.356 e. The van der Waals surface area contributed by atoms with E-state index in [9.17, 15) is 9.59 Å². The fourth-order valence-electron chi connectivity index (χ4n) is 2.40. The highest BCUT2D eigenvalue weighted by Gasteiger charge is 2.08. The third-order valence-electron chi connectivity index (χ3n) is 3.58. The van der Waals surface area contributed by atoms with Crippen LogP contribution in [0.1, 0.15) is 22.5 Å². The standard InChI is InChI=1S/C17H16ClN5O3/c18-13-9-19-23(11-13)10-12-2-1-3-14(8-12)20-16(24)5-7-22-6-4-15(21-22)17(25)26/h1-4,6,8-9,11H,5,7,10H2,(H,20,24)(H,25,26). The Balaban J connectivity index is 1.55. The second kappa shape index (κ2) is 7.83. The van der Waals surface area contributed by atoms with Crippen molar-refractivity contribution in [3.8, 4) is 0 Å². The molecule has 3 aromatic rings. The predicted octanol–water partition coefficient (Wildman–Crippen LogP) is 2.51. The van der Waals surface area contributed by atoms with Crippen molar-refractivity contribution in [3.63, 3.8) is 0 Å². The molecule has 134 valence electrons. The van der Waals surface area contributed by atoms with Crippen molar-refractivity contribution in [1.29, 1.82) is 0 Å². The number of nitrogens with one attached hydrogen (secondary N) is 1. The summed E-state index contributed by atoms with van der Waals surface area (Å²) in [6, 6.07) is 8.84. The van der Waals surface area contributed by atoms with Gasteiger partial charge in [-0.25, -0.2) is 4.79 Å². The molecular weight excluding hydrogens is 358 g/mol. The van der Waals surface area contributed by atoms with Crippen molar-refractivity contribution in [3.05, 3.63) is 65.2 Å². The number of rotatable bonds is 7. The van der Waals surface area contributed by atoms with Gasteiger partial charge in [-0.15, -0.1) is 0 Å². The molecule has 0 aliphatic carbocycles.